The first-order valence-electron chi connectivity index (χ1n) is 12.1. The molecule has 0 bridgehead atoms. The smallest absolute Gasteiger partial charge is 0.331 e. The van der Waals surface area contributed by atoms with Crippen LogP contribution in [0.25, 0.3) is 6.08 Å². The molecule has 0 aromatic heterocycles. The molecule has 0 spiro atoms. The van der Waals surface area contributed by atoms with Gasteiger partial charge in [0.2, 0.25) is 0 Å². The molecule has 188 valence electrons. The minimum Gasteiger partial charge on any atom is -0.493 e. The third-order valence-corrected chi connectivity index (χ3v) is 6.99. The summed E-state index contributed by atoms with van der Waals surface area (Å²) in [5.41, 5.74) is 2.00. The van der Waals surface area contributed by atoms with Crippen LogP contribution >= 0.6 is 0 Å². The number of carbonyl (C=O) groups is 1. The third-order valence-electron chi connectivity index (χ3n) is 6.99. The van der Waals surface area contributed by atoms with Crippen molar-refractivity contribution in [1.29, 1.82) is 0 Å². The Kier molecular flexibility index (Phi) is 8.18. The summed E-state index contributed by atoms with van der Waals surface area (Å²) in [7, 11) is 6.48. The second-order valence-electron chi connectivity index (χ2n) is 9.00. The first-order valence-corrected chi connectivity index (χ1v) is 12.1. The summed E-state index contributed by atoms with van der Waals surface area (Å²) in [5, 5.41) is 0. The lowest BCUT2D eigenvalue weighted by molar-refractivity contribution is -0.148. The number of carbonyl (C=O) groups excluding carboxylic acids is 1. The molecule has 0 radical (unpaired) electrons. The van der Waals surface area contributed by atoms with Gasteiger partial charge in [0.05, 0.1) is 28.4 Å². The summed E-state index contributed by atoms with van der Waals surface area (Å²) >= 11 is 0. The number of hydrogen-bond donors (Lipinski definition) is 0. The number of ether oxygens (including phenoxy) is 5. The number of fused-ring (bicyclic) bond motifs is 1. The van der Waals surface area contributed by atoms with E-state index in [1.807, 2.05) is 24.3 Å². The van der Waals surface area contributed by atoms with Crippen molar-refractivity contribution in [2.75, 3.05) is 35.0 Å². The number of hydrogen-bond acceptors (Lipinski definition) is 7. The Morgan fingerprint density at radius 2 is 1.54 bits per heavy atom. The zero-order valence-corrected chi connectivity index (χ0v) is 21.0. The van der Waals surface area contributed by atoms with Crippen molar-refractivity contribution in [3.8, 4) is 23.0 Å². The van der Waals surface area contributed by atoms with Crippen LogP contribution in [0.1, 0.15) is 49.3 Å². The van der Waals surface area contributed by atoms with Crippen molar-refractivity contribution in [2.45, 2.75) is 50.3 Å². The summed E-state index contributed by atoms with van der Waals surface area (Å²) in [6.45, 7) is 1.06. The maximum atomic E-state index is 12.7. The highest BCUT2D eigenvalue weighted by Gasteiger charge is 2.39. The maximum Gasteiger partial charge on any atom is 0.331 e. The lowest BCUT2D eigenvalue weighted by Gasteiger charge is -2.47. The van der Waals surface area contributed by atoms with E-state index in [2.05, 4.69) is 17.0 Å². The minimum atomic E-state index is -0.333. The second kappa shape index (κ2) is 11.5. The predicted molar refractivity (Wildman–Crippen MR) is 134 cm³/mol. The molecule has 35 heavy (non-hydrogen) atoms. The van der Waals surface area contributed by atoms with Gasteiger partial charge in [0.25, 0.3) is 0 Å². The van der Waals surface area contributed by atoms with Gasteiger partial charge in [-0.2, -0.15) is 0 Å². The Morgan fingerprint density at radius 3 is 2.26 bits per heavy atom. The topological polar surface area (TPSA) is 66.5 Å². The van der Waals surface area contributed by atoms with Crippen LogP contribution < -0.4 is 18.9 Å². The molecular weight excluding hydrogens is 446 g/mol. The van der Waals surface area contributed by atoms with Crippen LogP contribution in [-0.2, 0) is 9.53 Å². The van der Waals surface area contributed by atoms with Crippen molar-refractivity contribution in [2.24, 2.45) is 0 Å². The molecule has 7 nitrogen and oxygen atoms in total. The molecule has 2 aliphatic rings. The van der Waals surface area contributed by atoms with E-state index in [9.17, 15) is 4.79 Å². The number of esters is 1. The van der Waals surface area contributed by atoms with Crippen LogP contribution in [0, 0.1) is 0 Å². The van der Waals surface area contributed by atoms with Crippen molar-refractivity contribution in [1.82, 2.24) is 4.90 Å². The zero-order chi connectivity index (χ0) is 24.8. The average molecular weight is 482 g/mol. The van der Waals surface area contributed by atoms with Crippen molar-refractivity contribution in [3.05, 3.63) is 53.6 Å². The van der Waals surface area contributed by atoms with Crippen molar-refractivity contribution >= 4 is 12.0 Å². The molecule has 0 saturated carbocycles. The van der Waals surface area contributed by atoms with Gasteiger partial charge in [0.15, 0.2) is 23.0 Å². The minimum absolute atomic E-state index is 0.144. The highest BCUT2D eigenvalue weighted by Crippen LogP contribution is 2.42. The molecule has 0 unspecified atom stereocenters. The van der Waals surface area contributed by atoms with E-state index in [4.69, 9.17) is 23.7 Å². The molecule has 0 amide bonds. The Labute approximate surface area is 207 Å². The number of nitrogens with zero attached hydrogens (tertiary/aromatic N) is 1. The molecular formula is C28H35NO6. The predicted octanol–water partition coefficient (Wildman–Crippen LogP) is 5.04. The lowest BCUT2D eigenvalue weighted by Crippen LogP contribution is -2.49. The van der Waals surface area contributed by atoms with Gasteiger partial charge < -0.3 is 23.7 Å². The molecule has 2 aliphatic heterocycles. The van der Waals surface area contributed by atoms with E-state index >= 15 is 0 Å². The molecule has 2 fully saturated rings. The van der Waals surface area contributed by atoms with Crippen LogP contribution in [0.15, 0.2) is 42.5 Å². The Bertz CT molecular complexity index is 1050. The highest BCUT2D eigenvalue weighted by atomic mass is 16.5. The first kappa shape index (κ1) is 24.9. The standard InChI is InChI=1S/C28H35NO6/c1-31-24-11-8-19(15-26(24)33-3)9-13-28(30)35-22-17-21-7-5-6-14-29(21)23(18-22)20-10-12-25(32-2)27(16-20)34-4/h8-13,15-16,21-23H,5-7,14,17-18H2,1-4H3/b13-9+/t21-,22-,23-/m0/s1. The fraction of sp³-hybridized carbons (Fsp3) is 0.464. The molecule has 2 aromatic rings. The number of rotatable bonds is 8. The van der Waals surface area contributed by atoms with Crippen LogP contribution in [0.3, 0.4) is 0 Å². The van der Waals surface area contributed by atoms with Gasteiger partial charge in [-0.1, -0.05) is 18.6 Å². The SMILES string of the molecule is COc1ccc(/C=C/C(=O)O[C@H]2C[C@@H]3CCCCN3[C@H](c3ccc(OC)c(OC)c3)C2)cc1OC. The van der Waals surface area contributed by atoms with Gasteiger partial charge in [-0.15, -0.1) is 0 Å². The summed E-state index contributed by atoms with van der Waals surface area (Å²) in [6.07, 6.45) is 8.22. The van der Waals surface area contributed by atoms with Crippen LogP contribution in [0.2, 0.25) is 0 Å². The fourth-order valence-electron chi connectivity index (χ4n) is 5.28. The summed E-state index contributed by atoms with van der Waals surface area (Å²) in [6, 6.07) is 12.2. The Balaban J connectivity index is 1.48. The number of benzene rings is 2. The second-order valence-corrected chi connectivity index (χ2v) is 9.00. The Morgan fingerprint density at radius 1 is 0.857 bits per heavy atom. The van der Waals surface area contributed by atoms with Crippen molar-refractivity contribution in [3.63, 3.8) is 0 Å². The molecule has 0 N–H and O–H groups in total. The largest absolute Gasteiger partial charge is 0.493 e. The summed E-state index contributed by atoms with van der Waals surface area (Å²) < 4.78 is 27.5. The van der Waals surface area contributed by atoms with Crippen molar-refractivity contribution < 1.29 is 28.5 Å². The highest BCUT2D eigenvalue weighted by molar-refractivity contribution is 5.87. The van der Waals surface area contributed by atoms with Gasteiger partial charge in [-0.3, -0.25) is 4.90 Å². The van der Waals surface area contributed by atoms with Gasteiger partial charge in [0.1, 0.15) is 6.10 Å². The molecule has 2 heterocycles. The van der Waals surface area contributed by atoms with E-state index < -0.39 is 0 Å². The Hall–Kier alpha value is -3.19. The lowest BCUT2D eigenvalue weighted by atomic mass is 9.84. The van der Waals surface area contributed by atoms with Gasteiger partial charge in [-0.25, -0.2) is 4.79 Å². The van der Waals surface area contributed by atoms with Gasteiger partial charge in [-0.05, 0) is 60.9 Å². The third kappa shape index (κ3) is 5.73. The van der Waals surface area contributed by atoms with Crippen LogP contribution in [-0.4, -0.2) is 58.0 Å². The molecule has 2 aromatic carbocycles. The summed E-state index contributed by atoms with van der Waals surface area (Å²) in [5.74, 6) is 2.36. The first-order chi connectivity index (χ1) is 17.1. The molecule has 7 heteroatoms. The van der Waals surface area contributed by atoms with Gasteiger partial charge in [0, 0.05) is 31.0 Å². The number of methoxy groups -OCH3 is 4. The molecule has 2 saturated heterocycles. The quantitative estimate of drug-likeness (QED) is 0.387. The molecule has 0 aliphatic carbocycles. The normalized spacial score (nSPS) is 22.3. The van der Waals surface area contributed by atoms with E-state index in [1.165, 1.54) is 18.9 Å². The van der Waals surface area contributed by atoms with E-state index in [-0.39, 0.29) is 18.1 Å². The van der Waals surface area contributed by atoms with Crippen LogP contribution in [0.5, 0.6) is 23.0 Å². The van der Waals surface area contributed by atoms with Crippen LogP contribution in [0.4, 0.5) is 0 Å². The summed E-state index contributed by atoms with van der Waals surface area (Å²) in [4.78, 5) is 15.3. The fourth-order valence-corrected chi connectivity index (χ4v) is 5.28. The van der Waals surface area contributed by atoms with E-state index in [1.54, 1.807) is 34.5 Å². The molecule has 4 rings (SSSR count). The maximum absolute atomic E-state index is 12.7. The van der Waals surface area contributed by atoms with E-state index in [0.717, 1.165) is 42.7 Å². The molecule has 3 atom stereocenters. The zero-order valence-electron chi connectivity index (χ0n) is 21.0. The number of piperidine rings is 2. The van der Waals surface area contributed by atoms with E-state index in [0.29, 0.717) is 23.3 Å². The monoisotopic (exact) mass is 481 g/mol. The van der Waals surface area contributed by atoms with Gasteiger partial charge >= 0.3 is 5.97 Å². The average Bonchev–Trinajstić information content (AvgIpc) is 2.90.